The first-order valence-corrected chi connectivity index (χ1v) is 12.6. The largest absolute Gasteiger partial charge is 0.436 e. The molecule has 0 N–H and O–H groups in total. The highest BCUT2D eigenvalue weighted by Gasteiger charge is 2.19. The van der Waals surface area contributed by atoms with E-state index in [9.17, 15) is 0 Å². The molecule has 1 aromatic heterocycles. The van der Waals surface area contributed by atoms with Crippen molar-refractivity contribution in [2.24, 2.45) is 0 Å². The maximum Gasteiger partial charge on any atom is 0.227 e. The van der Waals surface area contributed by atoms with Gasteiger partial charge in [-0.05, 0) is 79.5 Å². The van der Waals surface area contributed by atoms with E-state index in [4.69, 9.17) is 9.40 Å². The fourth-order valence-corrected chi connectivity index (χ4v) is 5.48. The molecule has 0 bridgehead atoms. The first-order valence-electron chi connectivity index (χ1n) is 12.6. The van der Waals surface area contributed by atoms with Crippen LogP contribution in [0.3, 0.4) is 0 Å². The monoisotopic (exact) mass is 465 g/mol. The van der Waals surface area contributed by atoms with Gasteiger partial charge in [0, 0.05) is 5.56 Å². The second-order valence-electron chi connectivity index (χ2n) is 11.0. The molecule has 0 aliphatic carbocycles. The molecule has 0 amide bonds. The lowest BCUT2D eigenvalue weighted by Crippen LogP contribution is -2.10. The van der Waals surface area contributed by atoms with Gasteiger partial charge in [-0.2, -0.15) is 0 Å². The number of nitrogens with zero attached hydrogens (tertiary/aromatic N) is 1. The highest BCUT2D eigenvalue weighted by atomic mass is 16.3. The summed E-state index contributed by atoms with van der Waals surface area (Å²) in [6, 6.07) is 33.0. The molecule has 0 saturated carbocycles. The number of oxazole rings is 1. The van der Waals surface area contributed by atoms with Gasteiger partial charge in [0.25, 0.3) is 0 Å². The maximum absolute atomic E-state index is 6.37. The summed E-state index contributed by atoms with van der Waals surface area (Å²) in [5.74, 6) is 0.674. The molecule has 2 heteroatoms. The van der Waals surface area contributed by atoms with Gasteiger partial charge in [-0.25, -0.2) is 4.98 Å². The minimum absolute atomic E-state index is 0.0588. The van der Waals surface area contributed by atoms with Crippen molar-refractivity contribution in [1.29, 1.82) is 0 Å². The Labute approximate surface area is 210 Å². The number of aromatic nitrogens is 1. The van der Waals surface area contributed by atoms with E-state index in [1.165, 1.54) is 54.6 Å². The van der Waals surface area contributed by atoms with Crippen LogP contribution in [0.2, 0.25) is 0 Å². The SMILES string of the molecule is Cc1ccc(-c2ccc3ccc4c(-c5nc6ccc(C(C)(C)C)cc6o5)ccc5ccc2c3c54)cc1. The number of hydrogen-bond donors (Lipinski definition) is 0. The summed E-state index contributed by atoms with van der Waals surface area (Å²) in [5, 5.41) is 7.51. The zero-order chi connectivity index (χ0) is 24.6. The molecule has 1 heterocycles. The molecule has 0 aliphatic heterocycles. The van der Waals surface area contributed by atoms with E-state index in [1.807, 2.05) is 0 Å². The van der Waals surface area contributed by atoms with E-state index >= 15 is 0 Å². The summed E-state index contributed by atoms with van der Waals surface area (Å²) in [6.45, 7) is 8.79. The molecule has 0 radical (unpaired) electrons. The third-order valence-electron chi connectivity index (χ3n) is 7.51. The van der Waals surface area contributed by atoms with Crippen LogP contribution in [0.1, 0.15) is 31.9 Å². The quantitative estimate of drug-likeness (QED) is 0.238. The zero-order valence-electron chi connectivity index (χ0n) is 21.0. The van der Waals surface area contributed by atoms with Gasteiger partial charge in [0.05, 0.1) is 0 Å². The van der Waals surface area contributed by atoms with E-state index in [0.29, 0.717) is 5.89 Å². The van der Waals surface area contributed by atoms with E-state index in [1.54, 1.807) is 0 Å². The second-order valence-corrected chi connectivity index (χ2v) is 11.0. The van der Waals surface area contributed by atoms with Crippen LogP contribution in [0, 0.1) is 6.92 Å². The highest BCUT2D eigenvalue weighted by molar-refractivity contribution is 6.27. The summed E-state index contributed by atoms with van der Waals surface area (Å²) >= 11 is 0. The number of benzene rings is 6. The molecule has 7 aromatic rings. The van der Waals surface area contributed by atoms with Gasteiger partial charge in [-0.1, -0.05) is 99.1 Å². The summed E-state index contributed by atoms with van der Waals surface area (Å²) < 4.78 is 6.37. The van der Waals surface area contributed by atoms with Crippen molar-refractivity contribution in [2.45, 2.75) is 33.1 Å². The number of aryl methyl sites for hydroxylation is 1. The van der Waals surface area contributed by atoms with Crippen LogP contribution >= 0.6 is 0 Å². The first-order chi connectivity index (χ1) is 17.4. The molecule has 36 heavy (non-hydrogen) atoms. The van der Waals surface area contributed by atoms with E-state index < -0.39 is 0 Å². The van der Waals surface area contributed by atoms with Crippen molar-refractivity contribution in [3.8, 4) is 22.6 Å². The molecule has 0 aliphatic rings. The first kappa shape index (κ1) is 21.1. The fourth-order valence-electron chi connectivity index (χ4n) is 5.48. The summed E-state index contributed by atoms with van der Waals surface area (Å²) in [4.78, 5) is 4.90. The zero-order valence-corrected chi connectivity index (χ0v) is 21.0. The molecule has 2 nitrogen and oxygen atoms in total. The Morgan fingerprint density at radius 3 is 1.92 bits per heavy atom. The van der Waals surface area contributed by atoms with Gasteiger partial charge >= 0.3 is 0 Å². The van der Waals surface area contributed by atoms with Crippen molar-refractivity contribution >= 4 is 43.4 Å². The molecule has 0 fully saturated rings. The molecule has 174 valence electrons. The molecule has 7 rings (SSSR count). The van der Waals surface area contributed by atoms with Crippen LogP contribution in [0.15, 0.2) is 95.4 Å². The maximum atomic E-state index is 6.37. The number of hydrogen-bond acceptors (Lipinski definition) is 2. The van der Waals surface area contributed by atoms with Crippen molar-refractivity contribution < 1.29 is 4.42 Å². The Balaban J connectivity index is 1.48. The van der Waals surface area contributed by atoms with Crippen LogP contribution in [-0.2, 0) is 5.41 Å². The lowest BCUT2D eigenvalue weighted by molar-refractivity contribution is 0.584. The number of fused-ring (bicyclic) bond motifs is 1. The van der Waals surface area contributed by atoms with Gasteiger partial charge in [-0.15, -0.1) is 0 Å². The highest BCUT2D eigenvalue weighted by Crippen LogP contribution is 2.42. The molecule has 0 atom stereocenters. The lowest BCUT2D eigenvalue weighted by atomic mass is 9.87. The van der Waals surface area contributed by atoms with E-state index in [0.717, 1.165) is 16.7 Å². The molecule has 6 aromatic carbocycles. The predicted octanol–water partition coefficient (Wildman–Crippen LogP) is 9.67. The Morgan fingerprint density at radius 1 is 0.639 bits per heavy atom. The van der Waals surface area contributed by atoms with Crippen molar-refractivity contribution in [3.05, 3.63) is 102 Å². The Kier molecular flexibility index (Phi) is 4.35. The third kappa shape index (κ3) is 3.14. The average molecular weight is 466 g/mol. The van der Waals surface area contributed by atoms with Crippen LogP contribution in [0.5, 0.6) is 0 Å². The van der Waals surface area contributed by atoms with Crippen LogP contribution in [0.4, 0.5) is 0 Å². The second kappa shape index (κ2) is 7.41. The average Bonchev–Trinajstić information content (AvgIpc) is 3.30. The number of rotatable bonds is 2. The summed E-state index contributed by atoms with van der Waals surface area (Å²) in [5.41, 5.74) is 7.85. The van der Waals surface area contributed by atoms with E-state index in [2.05, 4.69) is 119 Å². The van der Waals surface area contributed by atoms with Gasteiger partial charge in [0.2, 0.25) is 5.89 Å². The summed E-state index contributed by atoms with van der Waals surface area (Å²) in [7, 11) is 0. The Hall–Kier alpha value is -4.17. The van der Waals surface area contributed by atoms with Gasteiger partial charge in [-0.3, -0.25) is 0 Å². The minimum atomic E-state index is 0.0588. The summed E-state index contributed by atoms with van der Waals surface area (Å²) in [6.07, 6.45) is 0. The molecular formula is C34H27NO. The smallest absolute Gasteiger partial charge is 0.227 e. The topological polar surface area (TPSA) is 26.0 Å². The van der Waals surface area contributed by atoms with Crippen LogP contribution in [-0.4, -0.2) is 4.98 Å². The van der Waals surface area contributed by atoms with Gasteiger partial charge in [0.15, 0.2) is 5.58 Å². The Morgan fingerprint density at radius 2 is 1.25 bits per heavy atom. The predicted molar refractivity (Wildman–Crippen MR) is 152 cm³/mol. The molecule has 0 spiro atoms. The lowest BCUT2D eigenvalue weighted by Gasteiger charge is -2.18. The van der Waals surface area contributed by atoms with Crippen molar-refractivity contribution in [2.75, 3.05) is 0 Å². The van der Waals surface area contributed by atoms with Gasteiger partial charge < -0.3 is 4.42 Å². The normalized spacial score (nSPS) is 12.4. The van der Waals surface area contributed by atoms with Crippen molar-refractivity contribution in [1.82, 2.24) is 4.98 Å². The van der Waals surface area contributed by atoms with Crippen LogP contribution < -0.4 is 0 Å². The molecule has 0 saturated heterocycles. The standard InChI is InChI=1S/C34H27NO/c1-20-5-7-21(8-6-20)25-14-9-22-11-16-27-28(17-12-23-10-15-26(25)31(22)32(23)27)33-35-29-18-13-24(34(2,3)4)19-30(29)36-33/h5-19H,1-4H3. The van der Waals surface area contributed by atoms with Gasteiger partial charge in [0.1, 0.15) is 5.52 Å². The van der Waals surface area contributed by atoms with Crippen molar-refractivity contribution in [3.63, 3.8) is 0 Å². The molecular weight excluding hydrogens is 438 g/mol. The van der Waals surface area contributed by atoms with Crippen LogP contribution in [0.25, 0.3) is 66.0 Å². The van der Waals surface area contributed by atoms with E-state index in [-0.39, 0.29) is 5.41 Å². The minimum Gasteiger partial charge on any atom is -0.436 e. The Bertz CT molecular complexity index is 1920. The third-order valence-corrected chi connectivity index (χ3v) is 7.51. The molecule has 0 unspecified atom stereocenters. The fraction of sp³-hybridized carbons (Fsp3) is 0.147.